The van der Waals surface area contributed by atoms with E-state index in [0.717, 1.165) is 12.4 Å². The van der Waals surface area contributed by atoms with Gasteiger partial charge < -0.3 is 9.47 Å². The molecule has 0 amide bonds. The lowest BCUT2D eigenvalue weighted by Crippen LogP contribution is -2.42. The van der Waals surface area contributed by atoms with E-state index in [-0.39, 0.29) is 18.0 Å². The third kappa shape index (κ3) is 3.51. The fourth-order valence-electron chi connectivity index (χ4n) is 2.19. The summed E-state index contributed by atoms with van der Waals surface area (Å²) in [6.45, 7) is 6.51. The second-order valence-electron chi connectivity index (χ2n) is 4.82. The number of rotatable bonds is 4. The summed E-state index contributed by atoms with van der Waals surface area (Å²) in [5.74, 6) is 1.13. The monoisotopic (exact) mass is 268 g/mol. The Hall–Kier alpha value is -1.47. The number of hydrogen-bond acceptors (Lipinski definition) is 6. The Balaban J connectivity index is 1.92. The van der Waals surface area contributed by atoms with Crippen LogP contribution >= 0.6 is 0 Å². The van der Waals surface area contributed by atoms with Crippen molar-refractivity contribution in [1.82, 2.24) is 20.1 Å². The molecule has 0 radical (unpaired) electrons. The number of carbonyl (C=O) groups excluding carboxylic acids is 1. The van der Waals surface area contributed by atoms with E-state index in [2.05, 4.69) is 20.1 Å². The van der Waals surface area contributed by atoms with Crippen LogP contribution in [0, 0.1) is 12.8 Å². The number of nitrogens with zero attached hydrogens (tertiary/aromatic N) is 3. The molecular weight excluding hydrogens is 248 g/mol. The van der Waals surface area contributed by atoms with Crippen molar-refractivity contribution in [3.63, 3.8) is 0 Å². The maximum absolute atomic E-state index is 11.4. The van der Waals surface area contributed by atoms with Crippen LogP contribution in [0.15, 0.2) is 0 Å². The van der Waals surface area contributed by atoms with Crippen LogP contribution in [0.3, 0.4) is 0 Å². The van der Waals surface area contributed by atoms with E-state index < -0.39 is 0 Å². The SMILES string of the molecule is COC(=O)[C@H](C)CN1CCO[C@H](c2n[nH]c(C)n2)C1. The second kappa shape index (κ2) is 6.12. The summed E-state index contributed by atoms with van der Waals surface area (Å²) in [5.41, 5.74) is 0. The normalized spacial score (nSPS) is 22.2. The third-order valence-electron chi connectivity index (χ3n) is 3.19. The fraction of sp³-hybridized carbons (Fsp3) is 0.750. The zero-order chi connectivity index (χ0) is 13.8. The topological polar surface area (TPSA) is 80.3 Å². The largest absolute Gasteiger partial charge is 0.469 e. The van der Waals surface area contributed by atoms with Crippen molar-refractivity contribution in [3.8, 4) is 0 Å². The Kier molecular flexibility index (Phi) is 4.49. The molecule has 0 aromatic carbocycles. The summed E-state index contributed by atoms with van der Waals surface area (Å²) in [7, 11) is 1.41. The summed E-state index contributed by atoms with van der Waals surface area (Å²) in [6.07, 6.45) is -0.136. The number of H-pyrrole nitrogens is 1. The molecule has 1 N–H and O–H groups in total. The van der Waals surface area contributed by atoms with E-state index in [9.17, 15) is 4.79 Å². The minimum atomic E-state index is -0.184. The van der Waals surface area contributed by atoms with Gasteiger partial charge in [0.1, 0.15) is 11.9 Å². The van der Waals surface area contributed by atoms with Crippen molar-refractivity contribution in [2.45, 2.75) is 20.0 Å². The Bertz CT molecular complexity index is 434. The van der Waals surface area contributed by atoms with Gasteiger partial charge in [-0.15, -0.1) is 0 Å². The van der Waals surface area contributed by atoms with Crippen LogP contribution < -0.4 is 0 Å². The zero-order valence-corrected chi connectivity index (χ0v) is 11.5. The number of aromatic nitrogens is 3. The molecule has 1 fully saturated rings. The van der Waals surface area contributed by atoms with E-state index in [1.165, 1.54) is 7.11 Å². The quantitative estimate of drug-likeness (QED) is 0.791. The van der Waals surface area contributed by atoms with E-state index in [0.29, 0.717) is 25.5 Å². The van der Waals surface area contributed by atoms with Crippen molar-refractivity contribution in [2.24, 2.45) is 5.92 Å². The molecule has 1 aliphatic heterocycles. The molecule has 0 aliphatic carbocycles. The Morgan fingerprint density at radius 2 is 2.47 bits per heavy atom. The number of morpholine rings is 1. The highest BCUT2D eigenvalue weighted by atomic mass is 16.5. The molecule has 106 valence electrons. The van der Waals surface area contributed by atoms with Gasteiger partial charge in [-0.1, -0.05) is 6.92 Å². The molecular formula is C12H20N4O3. The molecule has 7 heteroatoms. The van der Waals surface area contributed by atoms with E-state index in [1.807, 2.05) is 13.8 Å². The molecule has 0 spiro atoms. The van der Waals surface area contributed by atoms with Crippen molar-refractivity contribution < 1.29 is 14.3 Å². The predicted molar refractivity (Wildman–Crippen MR) is 67.4 cm³/mol. The average Bonchev–Trinajstić information content (AvgIpc) is 2.84. The fourth-order valence-corrected chi connectivity index (χ4v) is 2.19. The highest BCUT2D eigenvalue weighted by Crippen LogP contribution is 2.19. The molecule has 1 aromatic heterocycles. The van der Waals surface area contributed by atoms with E-state index >= 15 is 0 Å². The molecule has 19 heavy (non-hydrogen) atoms. The van der Waals surface area contributed by atoms with Gasteiger partial charge in [0.25, 0.3) is 0 Å². The molecule has 2 rings (SSSR count). The van der Waals surface area contributed by atoms with Crippen LogP contribution in [0.5, 0.6) is 0 Å². The number of methoxy groups -OCH3 is 1. The minimum absolute atomic E-state index is 0.136. The minimum Gasteiger partial charge on any atom is -0.469 e. The van der Waals surface area contributed by atoms with Gasteiger partial charge in [-0.05, 0) is 6.92 Å². The van der Waals surface area contributed by atoms with Gasteiger partial charge in [-0.25, -0.2) is 4.98 Å². The van der Waals surface area contributed by atoms with Crippen molar-refractivity contribution >= 4 is 5.97 Å². The Morgan fingerprint density at radius 1 is 1.68 bits per heavy atom. The second-order valence-corrected chi connectivity index (χ2v) is 4.82. The van der Waals surface area contributed by atoms with Gasteiger partial charge in [-0.3, -0.25) is 14.8 Å². The Labute approximate surface area is 112 Å². The lowest BCUT2D eigenvalue weighted by atomic mass is 10.1. The van der Waals surface area contributed by atoms with Gasteiger partial charge in [0.05, 0.1) is 19.6 Å². The number of aromatic amines is 1. The third-order valence-corrected chi connectivity index (χ3v) is 3.19. The van der Waals surface area contributed by atoms with Crippen molar-refractivity contribution in [3.05, 3.63) is 11.6 Å². The predicted octanol–water partition coefficient (Wildman–Crippen LogP) is 0.296. The number of esters is 1. The smallest absolute Gasteiger partial charge is 0.309 e. The van der Waals surface area contributed by atoms with Gasteiger partial charge in [0.15, 0.2) is 5.82 Å². The number of nitrogens with one attached hydrogen (secondary N) is 1. The van der Waals surface area contributed by atoms with Crippen LogP contribution in [0.4, 0.5) is 0 Å². The standard InChI is InChI=1S/C12H20N4O3/c1-8(12(17)18-3)6-16-4-5-19-10(7-16)11-13-9(2)14-15-11/h8,10H,4-7H2,1-3H3,(H,13,14,15)/t8-,10+/m1/s1. The van der Waals surface area contributed by atoms with Gasteiger partial charge in [0.2, 0.25) is 0 Å². The summed E-state index contributed by atoms with van der Waals surface area (Å²) in [5, 5.41) is 6.94. The first-order valence-corrected chi connectivity index (χ1v) is 6.41. The summed E-state index contributed by atoms with van der Waals surface area (Å²) in [4.78, 5) is 17.9. The number of aryl methyl sites for hydroxylation is 1. The Morgan fingerprint density at radius 3 is 3.11 bits per heavy atom. The molecule has 2 atom stereocenters. The highest BCUT2D eigenvalue weighted by Gasteiger charge is 2.27. The lowest BCUT2D eigenvalue weighted by molar-refractivity contribution is -0.146. The van der Waals surface area contributed by atoms with Crippen LogP contribution in [0.25, 0.3) is 0 Å². The number of ether oxygens (including phenoxy) is 2. The van der Waals surface area contributed by atoms with Gasteiger partial charge in [-0.2, -0.15) is 5.10 Å². The molecule has 1 aliphatic rings. The first-order chi connectivity index (χ1) is 9.10. The average molecular weight is 268 g/mol. The summed E-state index contributed by atoms with van der Waals surface area (Å²) < 4.78 is 10.4. The number of hydrogen-bond donors (Lipinski definition) is 1. The molecule has 0 saturated carbocycles. The van der Waals surface area contributed by atoms with Crippen LogP contribution in [0.1, 0.15) is 24.7 Å². The van der Waals surface area contributed by atoms with Gasteiger partial charge in [0, 0.05) is 19.6 Å². The zero-order valence-electron chi connectivity index (χ0n) is 11.5. The molecule has 0 unspecified atom stereocenters. The lowest BCUT2D eigenvalue weighted by Gasteiger charge is -2.32. The molecule has 0 bridgehead atoms. The van der Waals surface area contributed by atoms with Crippen molar-refractivity contribution in [2.75, 3.05) is 33.4 Å². The molecule has 2 heterocycles. The summed E-state index contributed by atoms with van der Waals surface area (Å²) in [6, 6.07) is 0. The molecule has 1 aromatic rings. The van der Waals surface area contributed by atoms with Crippen LogP contribution in [-0.4, -0.2) is 59.4 Å². The molecule has 7 nitrogen and oxygen atoms in total. The van der Waals surface area contributed by atoms with Gasteiger partial charge >= 0.3 is 5.97 Å². The first-order valence-electron chi connectivity index (χ1n) is 6.41. The molecule has 1 saturated heterocycles. The van der Waals surface area contributed by atoms with Crippen LogP contribution in [0.2, 0.25) is 0 Å². The first kappa shape index (κ1) is 14.0. The van der Waals surface area contributed by atoms with Crippen molar-refractivity contribution in [1.29, 1.82) is 0 Å². The van der Waals surface area contributed by atoms with E-state index in [1.54, 1.807) is 0 Å². The highest BCUT2D eigenvalue weighted by molar-refractivity contribution is 5.72. The van der Waals surface area contributed by atoms with Crippen LogP contribution in [-0.2, 0) is 14.3 Å². The maximum atomic E-state index is 11.4. The van der Waals surface area contributed by atoms with E-state index in [4.69, 9.17) is 9.47 Å². The maximum Gasteiger partial charge on any atom is 0.309 e. The summed E-state index contributed by atoms with van der Waals surface area (Å²) >= 11 is 0. The number of carbonyl (C=O) groups is 1.